The van der Waals surface area contributed by atoms with Crippen molar-refractivity contribution in [3.8, 4) is 5.75 Å². The number of rotatable bonds is 4. The van der Waals surface area contributed by atoms with E-state index in [2.05, 4.69) is 4.98 Å². The second kappa shape index (κ2) is 5.07. The monoisotopic (exact) mass is 213 g/mol. The van der Waals surface area contributed by atoms with E-state index >= 15 is 0 Å². The summed E-state index contributed by atoms with van der Waals surface area (Å²) < 4.78 is 5.56. The van der Waals surface area contributed by atoms with Crippen molar-refractivity contribution in [2.75, 3.05) is 0 Å². The molecule has 0 N–H and O–H groups in total. The van der Waals surface area contributed by atoms with Gasteiger partial charge in [-0.1, -0.05) is 12.1 Å². The number of pyridine rings is 1. The van der Waals surface area contributed by atoms with Crippen LogP contribution in [0, 0.1) is 0 Å². The maximum atomic E-state index is 10.7. The van der Waals surface area contributed by atoms with Crippen LogP contribution in [0.4, 0.5) is 0 Å². The number of carbonyl (C=O) groups excluding carboxylic acids is 1. The van der Waals surface area contributed by atoms with Gasteiger partial charge < -0.3 is 4.74 Å². The normalized spacial score (nSPS) is 9.75. The highest BCUT2D eigenvalue weighted by atomic mass is 16.5. The van der Waals surface area contributed by atoms with Gasteiger partial charge in [0.25, 0.3) is 0 Å². The fraction of sp³-hybridized carbons (Fsp3) is 0.0769. The van der Waals surface area contributed by atoms with Crippen LogP contribution in [0.1, 0.15) is 15.9 Å². The lowest BCUT2D eigenvalue weighted by atomic mass is 10.2. The van der Waals surface area contributed by atoms with Gasteiger partial charge in [-0.15, -0.1) is 0 Å². The lowest BCUT2D eigenvalue weighted by Gasteiger charge is -2.07. The van der Waals surface area contributed by atoms with Gasteiger partial charge in [-0.2, -0.15) is 0 Å². The van der Waals surface area contributed by atoms with Crippen molar-refractivity contribution < 1.29 is 9.53 Å². The molecule has 1 heterocycles. The maximum Gasteiger partial charge on any atom is 0.153 e. The third-order valence-corrected chi connectivity index (χ3v) is 2.19. The fourth-order valence-electron chi connectivity index (χ4n) is 1.35. The zero-order valence-electron chi connectivity index (χ0n) is 8.67. The van der Waals surface area contributed by atoms with E-state index < -0.39 is 0 Å². The molecule has 0 atom stereocenters. The molecule has 80 valence electrons. The number of para-hydroxylation sites is 1. The van der Waals surface area contributed by atoms with Gasteiger partial charge >= 0.3 is 0 Å². The second-order valence-electron chi connectivity index (χ2n) is 3.30. The third-order valence-electron chi connectivity index (χ3n) is 2.19. The first kappa shape index (κ1) is 10.4. The second-order valence-corrected chi connectivity index (χ2v) is 3.30. The molecule has 1 aromatic carbocycles. The van der Waals surface area contributed by atoms with Crippen LogP contribution in [0.15, 0.2) is 48.8 Å². The lowest BCUT2D eigenvalue weighted by molar-refractivity contribution is 0.111. The largest absolute Gasteiger partial charge is 0.488 e. The molecule has 0 amide bonds. The van der Waals surface area contributed by atoms with E-state index in [9.17, 15) is 4.79 Å². The maximum absolute atomic E-state index is 10.7. The minimum absolute atomic E-state index is 0.438. The van der Waals surface area contributed by atoms with Gasteiger partial charge in [0.05, 0.1) is 5.56 Å². The molecule has 3 nitrogen and oxygen atoms in total. The van der Waals surface area contributed by atoms with Crippen molar-refractivity contribution in [2.24, 2.45) is 0 Å². The molecule has 0 fully saturated rings. The number of ether oxygens (including phenoxy) is 1. The molecule has 0 aliphatic carbocycles. The van der Waals surface area contributed by atoms with Crippen molar-refractivity contribution in [3.63, 3.8) is 0 Å². The highest BCUT2D eigenvalue weighted by Crippen LogP contribution is 2.16. The summed E-state index contributed by atoms with van der Waals surface area (Å²) in [5, 5.41) is 0. The van der Waals surface area contributed by atoms with Crippen LogP contribution in [0.3, 0.4) is 0 Å². The van der Waals surface area contributed by atoms with Crippen molar-refractivity contribution in [2.45, 2.75) is 6.61 Å². The fourth-order valence-corrected chi connectivity index (χ4v) is 1.35. The predicted octanol–water partition coefficient (Wildman–Crippen LogP) is 2.47. The molecule has 0 saturated carbocycles. The first-order valence-corrected chi connectivity index (χ1v) is 4.96. The third kappa shape index (κ3) is 2.45. The Balaban J connectivity index is 2.08. The van der Waals surface area contributed by atoms with Crippen molar-refractivity contribution >= 4 is 6.29 Å². The van der Waals surface area contributed by atoms with E-state index in [0.29, 0.717) is 17.9 Å². The first-order chi connectivity index (χ1) is 7.90. The Morgan fingerprint density at radius 1 is 1.12 bits per heavy atom. The number of nitrogens with zero attached hydrogens (tertiary/aromatic N) is 1. The number of aromatic nitrogens is 1. The van der Waals surface area contributed by atoms with Gasteiger partial charge in [-0.25, -0.2) is 0 Å². The quantitative estimate of drug-likeness (QED) is 0.732. The highest BCUT2D eigenvalue weighted by molar-refractivity contribution is 5.79. The van der Waals surface area contributed by atoms with Gasteiger partial charge in [-0.3, -0.25) is 9.78 Å². The minimum atomic E-state index is 0.438. The lowest BCUT2D eigenvalue weighted by Crippen LogP contribution is -1.97. The molecule has 0 bridgehead atoms. The summed E-state index contributed by atoms with van der Waals surface area (Å²) in [5.74, 6) is 0.606. The van der Waals surface area contributed by atoms with E-state index in [1.54, 1.807) is 24.5 Å². The summed E-state index contributed by atoms with van der Waals surface area (Å²) in [4.78, 5) is 14.7. The number of carbonyl (C=O) groups is 1. The summed E-state index contributed by atoms with van der Waals surface area (Å²) >= 11 is 0. The highest BCUT2D eigenvalue weighted by Gasteiger charge is 2.01. The van der Waals surface area contributed by atoms with Crippen LogP contribution >= 0.6 is 0 Å². The molecule has 0 spiro atoms. The van der Waals surface area contributed by atoms with E-state index in [1.807, 2.05) is 24.3 Å². The zero-order chi connectivity index (χ0) is 11.2. The van der Waals surface area contributed by atoms with Crippen LogP contribution < -0.4 is 4.74 Å². The van der Waals surface area contributed by atoms with E-state index in [-0.39, 0.29) is 0 Å². The van der Waals surface area contributed by atoms with Crippen molar-refractivity contribution in [1.82, 2.24) is 4.98 Å². The predicted molar refractivity (Wildman–Crippen MR) is 60.4 cm³/mol. The van der Waals surface area contributed by atoms with Crippen molar-refractivity contribution in [1.29, 1.82) is 0 Å². The molecule has 1 aromatic heterocycles. The van der Waals surface area contributed by atoms with Gasteiger partial charge in [0, 0.05) is 12.4 Å². The molecule has 2 aromatic rings. The smallest absolute Gasteiger partial charge is 0.153 e. The van der Waals surface area contributed by atoms with E-state index in [1.165, 1.54) is 0 Å². The molecule has 0 unspecified atom stereocenters. The van der Waals surface area contributed by atoms with E-state index in [0.717, 1.165) is 11.8 Å². The molecular formula is C13H11NO2. The molecule has 0 radical (unpaired) electrons. The van der Waals surface area contributed by atoms with Gasteiger partial charge in [0.15, 0.2) is 6.29 Å². The Hall–Kier alpha value is -2.16. The molecule has 16 heavy (non-hydrogen) atoms. The molecule has 2 rings (SSSR count). The number of aldehydes is 1. The van der Waals surface area contributed by atoms with Crippen LogP contribution in [-0.4, -0.2) is 11.3 Å². The Kier molecular flexibility index (Phi) is 3.28. The topological polar surface area (TPSA) is 39.2 Å². The zero-order valence-corrected chi connectivity index (χ0v) is 8.67. The van der Waals surface area contributed by atoms with Crippen LogP contribution in [0.5, 0.6) is 5.75 Å². The number of hydrogen-bond acceptors (Lipinski definition) is 3. The van der Waals surface area contributed by atoms with Crippen LogP contribution in [0.25, 0.3) is 0 Å². The summed E-state index contributed by atoms with van der Waals surface area (Å²) in [6, 6.07) is 10.9. The number of benzene rings is 1. The summed E-state index contributed by atoms with van der Waals surface area (Å²) in [6.07, 6.45) is 4.22. The van der Waals surface area contributed by atoms with E-state index in [4.69, 9.17) is 4.74 Å². The molecule has 0 saturated heterocycles. The minimum Gasteiger partial charge on any atom is -0.488 e. The van der Waals surface area contributed by atoms with Gasteiger partial charge in [0.1, 0.15) is 12.4 Å². The van der Waals surface area contributed by atoms with Gasteiger partial charge in [-0.05, 0) is 29.8 Å². The van der Waals surface area contributed by atoms with Crippen molar-refractivity contribution in [3.05, 3.63) is 59.9 Å². The average Bonchev–Trinajstić information content (AvgIpc) is 2.38. The Morgan fingerprint density at radius 2 is 1.88 bits per heavy atom. The molecular weight excluding hydrogens is 202 g/mol. The Bertz CT molecular complexity index is 468. The summed E-state index contributed by atoms with van der Waals surface area (Å²) in [5.41, 5.74) is 1.59. The molecule has 0 aliphatic heterocycles. The Labute approximate surface area is 93.7 Å². The molecule has 3 heteroatoms. The average molecular weight is 213 g/mol. The first-order valence-electron chi connectivity index (χ1n) is 4.96. The summed E-state index contributed by atoms with van der Waals surface area (Å²) in [6.45, 7) is 0.438. The van der Waals surface area contributed by atoms with Gasteiger partial charge in [0.2, 0.25) is 0 Å². The SMILES string of the molecule is O=Cc1ccccc1OCc1ccncc1. The molecule has 0 aliphatic rings. The van der Waals surface area contributed by atoms with Crippen LogP contribution in [-0.2, 0) is 6.61 Å². The Morgan fingerprint density at radius 3 is 2.62 bits per heavy atom. The standard InChI is InChI=1S/C13H11NO2/c15-9-12-3-1-2-4-13(12)16-10-11-5-7-14-8-6-11/h1-9H,10H2. The summed E-state index contributed by atoms with van der Waals surface area (Å²) in [7, 11) is 0. The van der Waals surface area contributed by atoms with Crippen LogP contribution in [0.2, 0.25) is 0 Å². The number of hydrogen-bond donors (Lipinski definition) is 0.